The van der Waals surface area contributed by atoms with Gasteiger partial charge in [-0.05, 0) is 43.7 Å². The minimum absolute atomic E-state index is 0.139. The molecule has 1 aromatic heterocycles. The van der Waals surface area contributed by atoms with Gasteiger partial charge < -0.3 is 10.6 Å². The van der Waals surface area contributed by atoms with E-state index in [1.54, 1.807) is 24.4 Å². The summed E-state index contributed by atoms with van der Waals surface area (Å²) in [7, 11) is 0. The molecule has 0 atom stereocenters. The van der Waals surface area contributed by atoms with Crippen LogP contribution in [0.5, 0.6) is 0 Å². The summed E-state index contributed by atoms with van der Waals surface area (Å²) in [5.74, 6) is -0.893. The van der Waals surface area contributed by atoms with Gasteiger partial charge in [-0.1, -0.05) is 29.8 Å². The Hall–Kier alpha value is -3.21. The maximum atomic E-state index is 13.7. The van der Waals surface area contributed by atoms with E-state index in [1.165, 1.54) is 23.9 Å². The fourth-order valence-electron chi connectivity index (χ4n) is 2.50. The monoisotopic (exact) mass is 335 g/mol. The number of carbonyl (C=O) groups is 1. The van der Waals surface area contributed by atoms with E-state index in [4.69, 9.17) is 0 Å². The zero-order valence-corrected chi connectivity index (χ0v) is 14.0. The Balaban J connectivity index is 1.79. The molecule has 0 unspecified atom stereocenters. The number of pyridine rings is 1. The van der Waals surface area contributed by atoms with E-state index in [0.29, 0.717) is 11.3 Å². The zero-order valence-electron chi connectivity index (χ0n) is 14.0. The molecule has 0 aliphatic heterocycles. The fourth-order valence-corrected chi connectivity index (χ4v) is 2.50. The van der Waals surface area contributed by atoms with E-state index >= 15 is 0 Å². The van der Waals surface area contributed by atoms with E-state index in [0.717, 1.165) is 11.3 Å². The molecule has 3 rings (SSSR count). The Morgan fingerprint density at radius 2 is 1.80 bits per heavy atom. The minimum atomic E-state index is -0.478. The Bertz CT molecular complexity index is 924. The highest BCUT2D eigenvalue weighted by Crippen LogP contribution is 2.22. The molecule has 0 spiro atoms. The number of anilines is 3. The van der Waals surface area contributed by atoms with Crippen LogP contribution >= 0.6 is 0 Å². The van der Waals surface area contributed by atoms with Crippen molar-refractivity contribution in [3.63, 3.8) is 0 Å². The number of para-hydroxylation sites is 1. The molecule has 3 aromatic rings. The molecule has 5 heteroatoms. The molecule has 0 fully saturated rings. The predicted octanol–water partition coefficient (Wildman–Crippen LogP) is 4.83. The molecule has 4 nitrogen and oxygen atoms in total. The molecule has 0 radical (unpaired) electrons. The number of hydrogen-bond acceptors (Lipinski definition) is 3. The standard InChI is InChI=1S/C20H18FN3O/c1-13-7-8-18(14(2)9-13)23-16-10-15(11-22-12-16)20(25)24-19-6-4-3-5-17(19)21/h3-12,23H,1-2H3,(H,24,25). The molecule has 1 amide bonds. The van der Waals surface area contributed by atoms with Crippen molar-refractivity contribution in [2.45, 2.75) is 13.8 Å². The third-order valence-corrected chi connectivity index (χ3v) is 3.78. The van der Waals surface area contributed by atoms with Crippen molar-refractivity contribution < 1.29 is 9.18 Å². The van der Waals surface area contributed by atoms with Gasteiger partial charge in [0.15, 0.2) is 0 Å². The average molecular weight is 335 g/mol. The van der Waals surface area contributed by atoms with Crippen LogP contribution in [-0.4, -0.2) is 10.9 Å². The minimum Gasteiger partial charge on any atom is -0.354 e. The third kappa shape index (κ3) is 4.01. The van der Waals surface area contributed by atoms with Gasteiger partial charge in [0.25, 0.3) is 5.91 Å². The van der Waals surface area contributed by atoms with Gasteiger partial charge in [-0.2, -0.15) is 0 Å². The number of hydrogen-bond donors (Lipinski definition) is 2. The van der Waals surface area contributed by atoms with Crippen molar-refractivity contribution >= 4 is 23.0 Å². The second-order valence-electron chi connectivity index (χ2n) is 5.84. The normalized spacial score (nSPS) is 10.4. The Morgan fingerprint density at radius 3 is 2.56 bits per heavy atom. The van der Waals surface area contributed by atoms with Crippen molar-refractivity contribution in [1.29, 1.82) is 0 Å². The van der Waals surface area contributed by atoms with Gasteiger partial charge in [-0.3, -0.25) is 9.78 Å². The molecular formula is C20H18FN3O. The topological polar surface area (TPSA) is 54.0 Å². The van der Waals surface area contributed by atoms with Crippen molar-refractivity contribution in [3.05, 3.63) is 83.4 Å². The van der Waals surface area contributed by atoms with Crippen molar-refractivity contribution in [2.75, 3.05) is 10.6 Å². The van der Waals surface area contributed by atoms with E-state index in [9.17, 15) is 9.18 Å². The Kier molecular flexibility index (Phi) is 4.75. The third-order valence-electron chi connectivity index (χ3n) is 3.78. The summed E-state index contributed by atoms with van der Waals surface area (Å²) in [6.07, 6.45) is 3.09. The summed E-state index contributed by atoms with van der Waals surface area (Å²) in [5, 5.41) is 5.81. The maximum Gasteiger partial charge on any atom is 0.257 e. The van der Waals surface area contributed by atoms with E-state index < -0.39 is 11.7 Å². The lowest BCUT2D eigenvalue weighted by atomic mass is 10.1. The molecular weight excluding hydrogens is 317 g/mol. The molecule has 2 N–H and O–H groups in total. The smallest absolute Gasteiger partial charge is 0.257 e. The largest absolute Gasteiger partial charge is 0.354 e. The van der Waals surface area contributed by atoms with Crippen LogP contribution in [0, 0.1) is 19.7 Å². The van der Waals surface area contributed by atoms with Crippen LogP contribution in [0.4, 0.5) is 21.5 Å². The average Bonchev–Trinajstić information content (AvgIpc) is 2.60. The van der Waals surface area contributed by atoms with Gasteiger partial charge in [0.05, 0.1) is 23.1 Å². The zero-order chi connectivity index (χ0) is 17.8. The summed E-state index contributed by atoms with van der Waals surface area (Å²) in [4.78, 5) is 16.4. The lowest BCUT2D eigenvalue weighted by molar-refractivity contribution is 0.102. The van der Waals surface area contributed by atoms with Gasteiger partial charge in [0, 0.05) is 11.9 Å². The van der Waals surface area contributed by atoms with E-state index in [-0.39, 0.29) is 5.69 Å². The van der Waals surface area contributed by atoms with Crippen LogP contribution in [0.1, 0.15) is 21.5 Å². The summed E-state index contributed by atoms with van der Waals surface area (Å²) < 4.78 is 13.7. The second kappa shape index (κ2) is 7.13. The predicted molar refractivity (Wildman–Crippen MR) is 97.8 cm³/mol. The van der Waals surface area contributed by atoms with Crippen LogP contribution in [0.25, 0.3) is 0 Å². The van der Waals surface area contributed by atoms with Crippen molar-refractivity contribution in [2.24, 2.45) is 0 Å². The molecule has 2 aromatic carbocycles. The maximum absolute atomic E-state index is 13.7. The molecule has 0 bridgehead atoms. The number of aromatic nitrogens is 1. The van der Waals surface area contributed by atoms with Gasteiger partial charge in [-0.25, -0.2) is 4.39 Å². The highest BCUT2D eigenvalue weighted by molar-refractivity contribution is 6.04. The van der Waals surface area contributed by atoms with Crippen molar-refractivity contribution in [3.8, 4) is 0 Å². The molecule has 126 valence electrons. The number of amides is 1. The summed E-state index contributed by atoms with van der Waals surface area (Å²) in [6, 6.07) is 13.8. The number of rotatable bonds is 4. The first kappa shape index (κ1) is 16.6. The molecule has 0 saturated heterocycles. The van der Waals surface area contributed by atoms with E-state index in [1.807, 2.05) is 26.0 Å². The first-order valence-electron chi connectivity index (χ1n) is 7.88. The highest BCUT2D eigenvalue weighted by atomic mass is 19.1. The van der Waals surface area contributed by atoms with Crippen LogP contribution in [-0.2, 0) is 0 Å². The molecule has 1 heterocycles. The first-order valence-corrected chi connectivity index (χ1v) is 7.88. The molecule has 0 aliphatic carbocycles. The lowest BCUT2D eigenvalue weighted by Crippen LogP contribution is -2.13. The lowest BCUT2D eigenvalue weighted by Gasteiger charge is -2.11. The SMILES string of the molecule is Cc1ccc(Nc2cncc(C(=O)Nc3ccccc3F)c2)c(C)c1. The van der Waals surface area contributed by atoms with Crippen LogP contribution < -0.4 is 10.6 Å². The summed E-state index contributed by atoms with van der Waals surface area (Å²) in [5.41, 5.74) is 4.39. The Labute approximate surface area is 145 Å². The van der Waals surface area contributed by atoms with Crippen LogP contribution in [0.15, 0.2) is 60.9 Å². The number of nitrogens with one attached hydrogen (secondary N) is 2. The summed E-state index contributed by atoms with van der Waals surface area (Å²) >= 11 is 0. The van der Waals surface area contributed by atoms with Crippen molar-refractivity contribution in [1.82, 2.24) is 4.98 Å². The first-order chi connectivity index (χ1) is 12.0. The molecule has 0 saturated carbocycles. The Morgan fingerprint density at radius 1 is 1.00 bits per heavy atom. The quantitative estimate of drug-likeness (QED) is 0.718. The van der Waals surface area contributed by atoms with Gasteiger partial charge in [-0.15, -0.1) is 0 Å². The van der Waals surface area contributed by atoms with Gasteiger partial charge >= 0.3 is 0 Å². The highest BCUT2D eigenvalue weighted by Gasteiger charge is 2.10. The number of halogens is 1. The number of nitrogens with zero attached hydrogens (tertiary/aromatic N) is 1. The van der Waals surface area contributed by atoms with Crippen LogP contribution in [0.2, 0.25) is 0 Å². The number of carbonyl (C=O) groups excluding carboxylic acids is 1. The van der Waals surface area contributed by atoms with Gasteiger partial charge in [0.1, 0.15) is 5.82 Å². The van der Waals surface area contributed by atoms with Crippen LogP contribution in [0.3, 0.4) is 0 Å². The molecule has 0 aliphatic rings. The van der Waals surface area contributed by atoms with E-state index in [2.05, 4.69) is 21.7 Å². The fraction of sp³-hybridized carbons (Fsp3) is 0.100. The van der Waals surface area contributed by atoms with Gasteiger partial charge in [0.2, 0.25) is 0 Å². The summed E-state index contributed by atoms with van der Waals surface area (Å²) in [6.45, 7) is 4.05. The number of aryl methyl sites for hydroxylation is 2. The molecule has 25 heavy (non-hydrogen) atoms. The number of benzene rings is 2. The second-order valence-corrected chi connectivity index (χ2v) is 5.84.